The second kappa shape index (κ2) is 7.07. The normalized spacial score (nSPS) is 12.2. The van der Waals surface area contributed by atoms with E-state index in [-0.39, 0.29) is 6.04 Å². The van der Waals surface area contributed by atoms with Crippen LogP contribution in [-0.2, 0) is 0 Å². The molecule has 1 N–H and O–H groups in total. The number of fused-ring (bicyclic) bond motifs is 1. The van der Waals surface area contributed by atoms with Crippen LogP contribution >= 0.6 is 0 Å². The van der Waals surface area contributed by atoms with Gasteiger partial charge in [0.25, 0.3) is 0 Å². The van der Waals surface area contributed by atoms with Crippen LogP contribution in [0.1, 0.15) is 43.5 Å². The Hall–Kier alpha value is -1.85. The molecular weight excluding hydrogens is 244 g/mol. The fourth-order valence-corrected chi connectivity index (χ4v) is 2.45. The van der Waals surface area contributed by atoms with Crippen LogP contribution in [0.3, 0.4) is 0 Å². The van der Waals surface area contributed by atoms with E-state index >= 15 is 0 Å². The molecule has 0 fully saturated rings. The van der Waals surface area contributed by atoms with E-state index in [0.717, 1.165) is 37.0 Å². The predicted molar refractivity (Wildman–Crippen MR) is 85.6 cm³/mol. The van der Waals surface area contributed by atoms with Crippen molar-refractivity contribution in [2.45, 2.75) is 39.2 Å². The summed E-state index contributed by atoms with van der Waals surface area (Å²) in [5.41, 5.74) is 3.44. The third-order valence-electron chi connectivity index (χ3n) is 3.52. The van der Waals surface area contributed by atoms with Crippen molar-refractivity contribution in [3.8, 4) is 12.3 Å². The number of pyridine rings is 1. The van der Waals surface area contributed by atoms with Gasteiger partial charge in [0, 0.05) is 11.8 Å². The average Bonchev–Trinajstić information content (AvgIpc) is 2.47. The van der Waals surface area contributed by atoms with Gasteiger partial charge in [-0.25, -0.2) is 0 Å². The van der Waals surface area contributed by atoms with Crippen molar-refractivity contribution < 1.29 is 0 Å². The molecule has 0 aliphatic carbocycles. The molecule has 0 spiro atoms. The van der Waals surface area contributed by atoms with Gasteiger partial charge in [-0.2, -0.15) is 0 Å². The molecule has 0 bridgehead atoms. The van der Waals surface area contributed by atoms with Gasteiger partial charge in [-0.15, -0.1) is 12.3 Å². The third-order valence-corrected chi connectivity index (χ3v) is 3.52. The Kier molecular flexibility index (Phi) is 5.15. The molecule has 1 aromatic heterocycles. The first kappa shape index (κ1) is 14.6. The second-order valence-electron chi connectivity index (χ2n) is 5.13. The van der Waals surface area contributed by atoms with Crippen molar-refractivity contribution in [1.29, 1.82) is 0 Å². The van der Waals surface area contributed by atoms with Crippen LogP contribution in [0.4, 0.5) is 0 Å². The van der Waals surface area contributed by atoms with Gasteiger partial charge < -0.3 is 5.32 Å². The molecule has 2 rings (SSSR count). The lowest BCUT2D eigenvalue weighted by atomic mass is 10.0. The highest BCUT2D eigenvalue weighted by Gasteiger charge is 2.13. The minimum absolute atomic E-state index is 0.245. The predicted octanol–water partition coefficient (Wildman–Crippen LogP) is 4.00. The van der Waals surface area contributed by atoms with Gasteiger partial charge in [0.1, 0.15) is 0 Å². The van der Waals surface area contributed by atoms with E-state index in [2.05, 4.69) is 49.4 Å². The van der Waals surface area contributed by atoms with Crippen molar-refractivity contribution in [2.24, 2.45) is 0 Å². The fraction of sp³-hybridized carbons (Fsp3) is 0.389. The topological polar surface area (TPSA) is 24.9 Å². The molecule has 0 aliphatic rings. The van der Waals surface area contributed by atoms with E-state index in [0.29, 0.717) is 0 Å². The Morgan fingerprint density at radius 3 is 2.90 bits per heavy atom. The van der Waals surface area contributed by atoms with E-state index in [9.17, 15) is 0 Å². The largest absolute Gasteiger partial charge is 0.309 e. The first-order valence-electron chi connectivity index (χ1n) is 7.29. The summed E-state index contributed by atoms with van der Waals surface area (Å²) in [7, 11) is 0. The zero-order valence-corrected chi connectivity index (χ0v) is 12.3. The van der Waals surface area contributed by atoms with E-state index in [1.54, 1.807) is 0 Å². The third kappa shape index (κ3) is 3.37. The minimum Gasteiger partial charge on any atom is -0.309 e. The molecule has 1 atom stereocenters. The van der Waals surface area contributed by atoms with Gasteiger partial charge in [0.15, 0.2) is 0 Å². The van der Waals surface area contributed by atoms with Crippen LogP contribution in [-0.4, -0.2) is 11.5 Å². The van der Waals surface area contributed by atoms with Gasteiger partial charge >= 0.3 is 0 Å². The number of benzene rings is 1. The van der Waals surface area contributed by atoms with Crippen molar-refractivity contribution >= 4 is 10.9 Å². The number of aryl methyl sites for hydroxylation is 1. The highest BCUT2D eigenvalue weighted by Crippen LogP contribution is 2.23. The SMILES string of the molecule is C#CCCC(NCCC)c1cc(C)c2ccccc2n1. The van der Waals surface area contributed by atoms with Gasteiger partial charge in [-0.05, 0) is 44.0 Å². The fourth-order valence-electron chi connectivity index (χ4n) is 2.45. The maximum atomic E-state index is 5.41. The molecule has 0 radical (unpaired) electrons. The van der Waals surface area contributed by atoms with Crippen LogP contribution < -0.4 is 5.32 Å². The number of terminal acetylenes is 1. The van der Waals surface area contributed by atoms with Crippen LogP contribution in [0, 0.1) is 19.3 Å². The standard InChI is InChI=1S/C18H22N2/c1-4-6-10-17(19-12-5-2)18-13-14(3)15-9-7-8-11-16(15)20-18/h1,7-9,11,13,17,19H,5-6,10,12H2,2-3H3. The Morgan fingerprint density at radius 2 is 2.15 bits per heavy atom. The zero-order chi connectivity index (χ0) is 14.4. The van der Waals surface area contributed by atoms with Gasteiger partial charge in [-0.3, -0.25) is 4.98 Å². The Bertz CT molecular complexity index is 610. The Labute approximate surface area is 121 Å². The van der Waals surface area contributed by atoms with E-state index in [4.69, 9.17) is 11.4 Å². The van der Waals surface area contributed by atoms with Crippen molar-refractivity contribution in [3.63, 3.8) is 0 Å². The number of hydrogen-bond donors (Lipinski definition) is 1. The maximum Gasteiger partial charge on any atom is 0.0708 e. The van der Waals surface area contributed by atoms with Gasteiger partial charge in [0.05, 0.1) is 17.3 Å². The quantitative estimate of drug-likeness (QED) is 0.799. The van der Waals surface area contributed by atoms with E-state index in [1.807, 2.05) is 6.07 Å². The van der Waals surface area contributed by atoms with Crippen molar-refractivity contribution in [3.05, 3.63) is 41.6 Å². The molecule has 104 valence electrons. The van der Waals surface area contributed by atoms with Crippen LogP contribution in [0.5, 0.6) is 0 Å². The first-order valence-corrected chi connectivity index (χ1v) is 7.29. The molecule has 0 amide bonds. The summed E-state index contributed by atoms with van der Waals surface area (Å²) in [6, 6.07) is 10.7. The number of para-hydroxylation sites is 1. The molecular formula is C18H22N2. The van der Waals surface area contributed by atoms with Crippen LogP contribution in [0.2, 0.25) is 0 Å². The monoisotopic (exact) mass is 266 g/mol. The zero-order valence-electron chi connectivity index (χ0n) is 12.3. The molecule has 0 aliphatic heterocycles. The molecule has 2 nitrogen and oxygen atoms in total. The summed E-state index contributed by atoms with van der Waals surface area (Å²) in [4.78, 5) is 4.81. The Balaban J connectivity index is 2.34. The summed E-state index contributed by atoms with van der Waals surface area (Å²) < 4.78 is 0. The van der Waals surface area contributed by atoms with Crippen LogP contribution in [0.15, 0.2) is 30.3 Å². The Morgan fingerprint density at radius 1 is 1.35 bits per heavy atom. The number of nitrogens with one attached hydrogen (secondary N) is 1. The smallest absolute Gasteiger partial charge is 0.0708 e. The summed E-state index contributed by atoms with van der Waals surface area (Å²) in [6.45, 7) is 5.30. The summed E-state index contributed by atoms with van der Waals surface area (Å²) >= 11 is 0. The number of hydrogen-bond acceptors (Lipinski definition) is 2. The summed E-state index contributed by atoms with van der Waals surface area (Å²) in [5, 5.41) is 4.78. The van der Waals surface area contributed by atoms with E-state index in [1.165, 1.54) is 10.9 Å². The summed E-state index contributed by atoms with van der Waals surface area (Å²) in [6.07, 6.45) is 8.22. The molecule has 2 aromatic rings. The average molecular weight is 266 g/mol. The number of rotatable bonds is 6. The molecule has 0 saturated carbocycles. The number of aromatic nitrogens is 1. The molecule has 1 unspecified atom stereocenters. The lowest BCUT2D eigenvalue weighted by Gasteiger charge is -2.18. The van der Waals surface area contributed by atoms with Gasteiger partial charge in [0.2, 0.25) is 0 Å². The lowest BCUT2D eigenvalue weighted by Crippen LogP contribution is -2.23. The lowest BCUT2D eigenvalue weighted by molar-refractivity contribution is 0.496. The van der Waals surface area contributed by atoms with Gasteiger partial charge in [-0.1, -0.05) is 25.1 Å². The second-order valence-corrected chi connectivity index (χ2v) is 5.13. The highest BCUT2D eigenvalue weighted by atomic mass is 14.9. The molecule has 1 aromatic carbocycles. The first-order chi connectivity index (χ1) is 9.76. The molecule has 1 heterocycles. The van der Waals surface area contributed by atoms with Crippen LogP contribution in [0.25, 0.3) is 10.9 Å². The molecule has 0 saturated heterocycles. The number of nitrogens with zero attached hydrogens (tertiary/aromatic N) is 1. The summed E-state index contributed by atoms with van der Waals surface area (Å²) in [5.74, 6) is 2.73. The molecule has 2 heteroatoms. The maximum absolute atomic E-state index is 5.41. The minimum atomic E-state index is 0.245. The molecule has 20 heavy (non-hydrogen) atoms. The highest BCUT2D eigenvalue weighted by molar-refractivity contribution is 5.82. The van der Waals surface area contributed by atoms with Crippen molar-refractivity contribution in [2.75, 3.05) is 6.54 Å². The van der Waals surface area contributed by atoms with E-state index < -0.39 is 0 Å². The van der Waals surface area contributed by atoms with Crippen molar-refractivity contribution in [1.82, 2.24) is 10.3 Å².